The summed E-state index contributed by atoms with van der Waals surface area (Å²) in [7, 11) is 1.60. The lowest BCUT2D eigenvalue weighted by Crippen LogP contribution is -2.25. The minimum Gasteiger partial charge on any atom is -0.386 e. The number of ether oxygens (including phenoxy) is 1. The van der Waals surface area contributed by atoms with E-state index in [9.17, 15) is 5.11 Å². The van der Waals surface area contributed by atoms with Gasteiger partial charge in [0.15, 0.2) is 5.82 Å². The number of aliphatic hydroxyl groups is 1. The van der Waals surface area contributed by atoms with E-state index in [0.29, 0.717) is 23.3 Å². The Bertz CT molecular complexity index is 619. The zero-order valence-electron chi connectivity index (χ0n) is 12.9. The minimum atomic E-state index is -0.668. The number of nitrogens with one attached hydrogen (secondary N) is 1. The van der Waals surface area contributed by atoms with Crippen molar-refractivity contribution in [2.45, 2.75) is 32.6 Å². The van der Waals surface area contributed by atoms with Gasteiger partial charge in [-0.25, -0.2) is 9.97 Å². The fourth-order valence-corrected chi connectivity index (χ4v) is 2.28. The molecule has 1 heterocycles. The predicted molar refractivity (Wildman–Crippen MR) is 87.0 cm³/mol. The van der Waals surface area contributed by atoms with E-state index in [2.05, 4.69) is 15.3 Å². The topological polar surface area (TPSA) is 67.3 Å². The molecule has 0 aliphatic carbocycles. The molecule has 0 aliphatic rings. The quantitative estimate of drug-likeness (QED) is 0.855. The second-order valence-corrected chi connectivity index (χ2v) is 5.61. The third-order valence-corrected chi connectivity index (χ3v) is 3.49. The monoisotopic (exact) mass is 321 g/mol. The summed E-state index contributed by atoms with van der Waals surface area (Å²) < 4.78 is 5.06. The lowest BCUT2D eigenvalue weighted by Gasteiger charge is -2.21. The molecule has 0 aliphatic heterocycles. The standard InChI is InChI=1S/C16H20ClN3O2/c1-10-8-14(20-15(18-10)9-22-3)19-11(2)16(21)12-4-6-13(17)7-5-12/h4-8,11,16,21H,9H2,1-3H3,(H,18,19,20)/t11-,16+/m1/s1. The van der Waals surface area contributed by atoms with Crippen molar-refractivity contribution in [3.8, 4) is 0 Å². The predicted octanol–water partition coefficient (Wildman–Crippen LogP) is 3.12. The van der Waals surface area contributed by atoms with Crippen LogP contribution >= 0.6 is 11.6 Å². The molecule has 22 heavy (non-hydrogen) atoms. The van der Waals surface area contributed by atoms with Crippen molar-refractivity contribution >= 4 is 17.4 Å². The summed E-state index contributed by atoms with van der Waals surface area (Å²) in [6.45, 7) is 4.14. The molecule has 2 atom stereocenters. The largest absolute Gasteiger partial charge is 0.386 e. The number of benzene rings is 1. The molecule has 6 heteroatoms. The summed E-state index contributed by atoms with van der Waals surface area (Å²) >= 11 is 5.86. The highest BCUT2D eigenvalue weighted by atomic mass is 35.5. The van der Waals surface area contributed by atoms with Crippen LogP contribution in [-0.2, 0) is 11.3 Å². The van der Waals surface area contributed by atoms with E-state index in [1.807, 2.05) is 32.0 Å². The van der Waals surface area contributed by atoms with Crippen LogP contribution in [0.2, 0.25) is 5.02 Å². The number of hydrogen-bond donors (Lipinski definition) is 2. The highest BCUT2D eigenvalue weighted by molar-refractivity contribution is 6.30. The van der Waals surface area contributed by atoms with Crippen LogP contribution in [0.5, 0.6) is 0 Å². The van der Waals surface area contributed by atoms with Gasteiger partial charge >= 0.3 is 0 Å². The smallest absolute Gasteiger partial charge is 0.156 e. The fraction of sp³-hybridized carbons (Fsp3) is 0.375. The van der Waals surface area contributed by atoms with Crippen molar-refractivity contribution in [2.24, 2.45) is 0 Å². The van der Waals surface area contributed by atoms with Crippen molar-refractivity contribution in [2.75, 3.05) is 12.4 Å². The first-order chi connectivity index (χ1) is 10.5. The number of nitrogens with zero attached hydrogens (tertiary/aromatic N) is 2. The van der Waals surface area contributed by atoms with Crippen LogP contribution in [0.4, 0.5) is 5.82 Å². The Morgan fingerprint density at radius 2 is 1.95 bits per heavy atom. The molecule has 0 amide bonds. The lowest BCUT2D eigenvalue weighted by atomic mass is 10.0. The number of rotatable bonds is 6. The third kappa shape index (κ3) is 4.40. The minimum absolute atomic E-state index is 0.217. The zero-order chi connectivity index (χ0) is 16.1. The van der Waals surface area contributed by atoms with Gasteiger partial charge in [-0.2, -0.15) is 0 Å². The van der Waals surface area contributed by atoms with Crippen molar-refractivity contribution in [1.29, 1.82) is 0 Å². The highest BCUT2D eigenvalue weighted by Crippen LogP contribution is 2.21. The first kappa shape index (κ1) is 16.7. The molecule has 0 bridgehead atoms. The second kappa shape index (κ2) is 7.54. The molecule has 118 valence electrons. The van der Waals surface area contributed by atoms with E-state index in [0.717, 1.165) is 11.3 Å². The van der Waals surface area contributed by atoms with Crippen LogP contribution in [0.3, 0.4) is 0 Å². The average Bonchev–Trinajstić information content (AvgIpc) is 2.47. The van der Waals surface area contributed by atoms with E-state index in [-0.39, 0.29) is 6.04 Å². The maximum absolute atomic E-state index is 10.4. The Morgan fingerprint density at radius 1 is 1.27 bits per heavy atom. The first-order valence-corrected chi connectivity index (χ1v) is 7.41. The third-order valence-electron chi connectivity index (χ3n) is 3.23. The van der Waals surface area contributed by atoms with Gasteiger partial charge in [0.25, 0.3) is 0 Å². The molecule has 0 spiro atoms. The van der Waals surface area contributed by atoms with Gasteiger partial charge in [0, 0.05) is 23.9 Å². The summed E-state index contributed by atoms with van der Waals surface area (Å²) in [5.41, 5.74) is 1.64. The molecule has 0 fully saturated rings. The van der Waals surface area contributed by atoms with Gasteiger partial charge in [-0.15, -0.1) is 0 Å². The number of methoxy groups -OCH3 is 1. The number of hydrogen-bond acceptors (Lipinski definition) is 5. The molecule has 1 aromatic heterocycles. The van der Waals surface area contributed by atoms with Crippen molar-refractivity contribution in [1.82, 2.24) is 9.97 Å². The molecule has 0 saturated heterocycles. The van der Waals surface area contributed by atoms with E-state index >= 15 is 0 Å². The van der Waals surface area contributed by atoms with E-state index in [1.165, 1.54) is 0 Å². The Morgan fingerprint density at radius 3 is 2.59 bits per heavy atom. The number of aryl methyl sites for hydroxylation is 1. The molecule has 2 rings (SSSR count). The van der Waals surface area contributed by atoms with Crippen molar-refractivity contribution in [3.63, 3.8) is 0 Å². The van der Waals surface area contributed by atoms with Crippen LogP contribution in [0.1, 0.15) is 30.1 Å². The Labute approximate surface area is 135 Å². The summed E-state index contributed by atoms with van der Waals surface area (Å²) in [5.74, 6) is 1.28. The van der Waals surface area contributed by atoms with Crippen molar-refractivity contribution < 1.29 is 9.84 Å². The number of anilines is 1. The van der Waals surface area contributed by atoms with Crippen molar-refractivity contribution in [3.05, 3.63) is 52.4 Å². The normalized spacial score (nSPS) is 13.7. The van der Waals surface area contributed by atoms with E-state index < -0.39 is 6.10 Å². The number of aromatic nitrogens is 2. The molecule has 5 nitrogen and oxygen atoms in total. The Hall–Kier alpha value is -1.69. The van der Waals surface area contributed by atoms with E-state index in [4.69, 9.17) is 16.3 Å². The van der Waals surface area contributed by atoms with Crippen LogP contribution in [0.15, 0.2) is 30.3 Å². The molecular weight excluding hydrogens is 302 g/mol. The summed E-state index contributed by atoms with van der Waals surface area (Å²) in [6.07, 6.45) is -0.668. The summed E-state index contributed by atoms with van der Waals surface area (Å²) in [6, 6.07) is 8.77. The van der Waals surface area contributed by atoms with Gasteiger partial charge in [0.2, 0.25) is 0 Å². The molecule has 2 N–H and O–H groups in total. The number of aliphatic hydroxyl groups excluding tert-OH is 1. The van der Waals surface area contributed by atoms with Gasteiger partial charge in [-0.3, -0.25) is 0 Å². The Balaban J connectivity index is 2.10. The summed E-state index contributed by atoms with van der Waals surface area (Å²) in [5, 5.41) is 14.3. The Kier molecular flexibility index (Phi) is 5.71. The van der Waals surface area contributed by atoms with Gasteiger partial charge < -0.3 is 15.2 Å². The van der Waals surface area contributed by atoms with E-state index in [1.54, 1.807) is 19.2 Å². The molecule has 0 radical (unpaired) electrons. The van der Waals surface area contributed by atoms with Crippen LogP contribution in [-0.4, -0.2) is 28.2 Å². The fourth-order valence-electron chi connectivity index (χ4n) is 2.16. The summed E-state index contributed by atoms with van der Waals surface area (Å²) in [4.78, 5) is 8.66. The molecule has 2 aromatic rings. The van der Waals surface area contributed by atoms with Crippen LogP contribution < -0.4 is 5.32 Å². The lowest BCUT2D eigenvalue weighted by molar-refractivity contribution is 0.160. The van der Waals surface area contributed by atoms with Gasteiger partial charge in [0.1, 0.15) is 12.4 Å². The number of halogens is 1. The average molecular weight is 322 g/mol. The van der Waals surface area contributed by atoms with Crippen LogP contribution in [0, 0.1) is 6.92 Å². The SMILES string of the molecule is COCc1nc(C)cc(N[C@H](C)[C@H](O)c2ccc(Cl)cc2)n1. The van der Waals surface area contributed by atoms with Crippen LogP contribution in [0.25, 0.3) is 0 Å². The van der Waals surface area contributed by atoms with Gasteiger partial charge in [-0.05, 0) is 31.5 Å². The van der Waals surface area contributed by atoms with Gasteiger partial charge in [-0.1, -0.05) is 23.7 Å². The molecule has 0 unspecified atom stereocenters. The molecule has 1 aromatic carbocycles. The van der Waals surface area contributed by atoms with Gasteiger partial charge in [0.05, 0.1) is 12.1 Å². The zero-order valence-corrected chi connectivity index (χ0v) is 13.6. The first-order valence-electron chi connectivity index (χ1n) is 7.03. The molecule has 0 saturated carbocycles. The highest BCUT2D eigenvalue weighted by Gasteiger charge is 2.17. The maximum atomic E-state index is 10.4. The second-order valence-electron chi connectivity index (χ2n) is 5.17. The maximum Gasteiger partial charge on any atom is 0.156 e. The molecular formula is C16H20ClN3O2.